The van der Waals surface area contributed by atoms with Gasteiger partial charge < -0.3 is 9.84 Å². The lowest BCUT2D eigenvalue weighted by molar-refractivity contribution is -0.123. The first kappa shape index (κ1) is 17.9. The third-order valence-electron chi connectivity index (χ3n) is 4.28. The lowest BCUT2D eigenvalue weighted by Crippen LogP contribution is -2.35. The molecule has 5 nitrogen and oxygen atoms in total. The number of hydrogen-bond acceptors (Lipinski definition) is 5. The lowest BCUT2D eigenvalue weighted by Gasteiger charge is -2.27. The van der Waals surface area contributed by atoms with Gasteiger partial charge in [0.05, 0.1) is 11.3 Å². The van der Waals surface area contributed by atoms with Crippen LogP contribution in [0.3, 0.4) is 0 Å². The summed E-state index contributed by atoms with van der Waals surface area (Å²) in [7, 11) is 0. The molecule has 3 rings (SSSR count). The maximum atomic E-state index is 12.3. The number of carbonyl (C=O) groups excluding carboxylic acids is 1. The summed E-state index contributed by atoms with van der Waals surface area (Å²) in [6.45, 7) is 4.56. The van der Waals surface area contributed by atoms with Crippen molar-refractivity contribution in [3.8, 4) is 0 Å². The van der Waals surface area contributed by atoms with Gasteiger partial charge in [-0.3, -0.25) is 9.69 Å². The molecule has 1 amide bonds. The molecular weight excluding hydrogens is 355 g/mol. The highest BCUT2D eigenvalue weighted by atomic mass is 32.1. The number of rotatable bonds is 4. The molecule has 0 aliphatic carbocycles. The summed E-state index contributed by atoms with van der Waals surface area (Å²) < 4.78 is 42.0. The number of aromatic nitrogens is 1. The fourth-order valence-electron chi connectivity index (χ4n) is 2.93. The SMILES string of the molecule is Cc1noc(C)c1CN1CCc2c(C(=O)NCC(F)(F)F)csc2C1. The van der Waals surface area contributed by atoms with Crippen LogP contribution >= 0.6 is 11.3 Å². The Kier molecular flexibility index (Phi) is 4.88. The molecule has 0 saturated carbocycles. The predicted molar refractivity (Wildman–Crippen MR) is 86.5 cm³/mol. The molecule has 0 spiro atoms. The zero-order valence-electron chi connectivity index (χ0n) is 13.9. The third kappa shape index (κ3) is 4.04. The fourth-order valence-corrected chi connectivity index (χ4v) is 4.05. The highest BCUT2D eigenvalue weighted by Crippen LogP contribution is 2.30. The van der Waals surface area contributed by atoms with E-state index in [1.165, 1.54) is 11.3 Å². The molecule has 0 fully saturated rings. The zero-order chi connectivity index (χ0) is 18.2. The normalized spacial score (nSPS) is 15.2. The third-order valence-corrected chi connectivity index (χ3v) is 5.30. The van der Waals surface area contributed by atoms with Gasteiger partial charge in [-0.15, -0.1) is 11.3 Å². The van der Waals surface area contributed by atoms with Gasteiger partial charge >= 0.3 is 6.18 Å². The Labute approximate surface area is 146 Å². The molecule has 2 aromatic heterocycles. The second kappa shape index (κ2) is 6.80. The molecule has 136 valence electrons. The van der Waals surface area contributed by atoms with E-state index in [-0.39, 0.29) is 0 Å². The molecular formula is C16H18F3N3O2S. The van der Waals surface area contributed by atoms with Crippen LogP contribution in [0.25, 0.3) is 0 Å². The zero-order valence-corrected chi connectivity index (χ0v) is 14.7. The van der Waals surface area contributed by atoms with E-state index in [2.05, 4.69) is 10.1 Å². The van der Waals surface area contributed by atoms with Crippen LogP contribution in [0.5, 0.6) is 0 Å². The summed E-state index contributed by atoms with van der Waals surface area (Å²) in [5, 5.41) is 7.54. The van der Waals surface area contributed by atoms with Crippen LogP contribution < -0.4 is 5.32 Å². The molecule has 3 heterocycles. The number of aryl methyl sites for hydroxylation is 2. The van der Waals surface area contributed by atoms with Crippen molar-refractivity contribution >= 4 is 17.2 Å². The number of carbonyl (C=O) groups is 1. The summed E-state index contributed by atoms with van der Waals surface area (Å²) in [5.74, 6) is 0.135. The molecule has 0 atom stereocenters. The molecule has 2 aromatic rings. The van der Waals surface area contributed by atoms with Crippen LogP contribution in [-0.4, -0.2) is 35.2 Å². The predicted octanol–water partition coefficient (Wildman–Crippen LogP) is 3.20. The summed E-state index contributed by atoms with van der Waals surface area (Å²) in [5.41, 5.74) is 3.14. The summed E-state index contributed by atoms with van der Waals surface area (Å²) in [6.07, 6.45) is -3.77. The van der Waals surface area contributed by atoms with Gasteiger partial charge in [0.15, 0.2) is 0 Å². The molecule has 0 saturated heterocycles. The Balaban J connectivity index is 1.67. The average molecular weight is 373 g/mol. The second-order valence-corrected chi connectivity index (χ2v) is 7.08. The van der Waals surface area contributed by atoms with Gasteiger partial charge in [0.1, 0.15) is 12.3 Å². The molecule has 1 aliphatic rings. The Morgan fingerprint density at radius 1 is 1.44 bits per heavy atom. The van der Waals surface area contributed by atoms with Gasteiger partial charge in [-0.1, -0.05) is 5.16 Å². The number of alkyl halides is 3. The minimum absolute atomic E-state index is 0.362. The van der Waals surface area contributed by atoms with Crippen molar-refractivity contribution in [3.05, 3.63) is 38.4 Å². The Morgan fingerprint density at radius 2 is 2.20 bits per heavy atom. The van der Waals surface area contributed by atoms with Crippen molar-refractivity contribution in [2.24, 2.45) is 0 Å². The number of nitrogens with zero attached hydrogens (tertiary/aromatic N) is 2. The van der Waals surface area contributed by atoms with E-state index in [9.17, 15) is 18.0 Å². The fraction of sp³-hybridized carbons (Fsp3) is 0.500. The number of thiophene rings is 1. The monoisotopic (exact) mass is 373 g/mol. The standard InChI is InChI=1S/C16H18F3N3O2S/c1-9-12(10(2)24-21-9)5-22-4-3-11-13(7-25-14(11)6-22)15(23)20-8-16(17,18)19/h7H,3-6,8H2,1-2H3,(H,20,23). The molecule has 9 heteroatoms. The van der Waals surface area contributed by atoms with E-state index >= 15 is 0 Å². The lowest BCUT2D eigenvalue weighted by atomic mass is 10.0. The van der Waals surface area contributed by atoms with E-state index in [0.717, 1.165) is 34.0 Å². The number of halogens is 3. The van der Waals surface area contributed by atoms with Gasteiger partial charge in [0.2, 0.25) is 0 Å². The maximum Gasteiger partial charge on any atom is 0.405 e. The minimum Gasteiger partial charge on any atom is -0.361 e. The van der Waals surface area contributed by atoms with Gasteiger partial charge in [-0.25, -0.2) is 0 Å². The Bertz CT molecular complexity index is 763. The molecule has 0 unspecified atom stereocenters. The van der Waals surface area contributed by atoms with Crippen molar-refractivity contribution in [1.82, 2.24) is 15.4 Å². The van der Waals surface area contributed by atoms with Crippen LogP contribution in [0.2, 0.25) is 0 Å². The van der Waals surface area contributed by atoms with Crippen molar-refractivity contribution in [2.75, 3.05) is 13.1 Å². The molecule has 0 aromatic carbocycles. The number of amides is 1. The summed E-state index contributed by atoms with van der Waals surface area (Å²) in [4.78, 5) is 15.3. The molecule has 0 bridgehead atoms. The van der Waals surface area contributed by atoms with Gasteiger partial charge in [-0.05, 0) is 25.8 Å². The Morgan fingerprint density at radius 3 is 2.84 bits per heavy atom. The molecule has 1 aliphatic heterocycles. The van der Waals surface area contributed by atoms with Gasteiger partial charge in [0, 0.05) is 35.5 Å². The van der Waals surface area contributed by atoms with E-state index < -0.39 is 18.6 Å². The maximum absolute atomic E-state index is 12.3. The summed E-state index contributed by atoms with van der Waals surface area (Å²) in [6, 6.07) is 0. The van der Waals surface area contributed by atoms with Crippen molar-refractivity contribution < 1.29 is 22.5 Å². The van der Waals surface area contributed by atoms with Crippen LogP contribution in [-0.2, 0) is 19.5 Å². The van der Waals surface area contributed by atoms with Gasteiger partial charge in [0.25, 0.3) is 5.91 Å². The summed E-state index contributed by atoms with van der Waals surface area (Å²) >= 11 is 1.42. The molecule has 0 radical (unpaired) electrons. The minimum atomic E-state index is -4.41. The van der Waals surface area contributed by atoms with Crippen molar-refractivity contribution in [1.29, 1.82) is 0 Å². The van der Waals surface area contributed by atoms with E-state index in [0.29, 0.717) is 25.1 Å². The second-order valence-electron chi connectivity index (χ2n) is 6.11. The molecule has 25 heavy (non-hydrogen) atoms. The molecule has 1 N–H and O–H groups in total. The van der Waals surface area contributed by atoms with Crippen LogP contribution in [0.4, 0.5) is 13.2 Å². The first-order valence-electron chi connectivity index (χ1n) is 7.83. The Hall–Kier alpha value is -1.87. The quantitative estimate of drug-likeness (QED) is 0.894. The largest absolute Gasteiger partial charge is 0.405 e. The topological polar surface area (TPSA) is 58.4 Å². The van der Waals surface area contributed by atoms with E-state index in [1.54, 1.807) is 5.38 Å². The van der Waals surface area contributed by atoms with E-state index in [1.807, 2.05) is 19.2 Å². The van der Waals surface area contributed by atoms with Crippen LogP contribution in [0, 0.1) is 13.8 Å². The van der Waals surface area contributed by atoms with Crippen molar-refractivity contribution in [3.63, 3.8) is 0 Å². The number of nitrogens with one attached hydrogen (secondary N) is 1. The van der Waals surface area contributed by atoms with Crippen molar-refractivity contribution in [2.45, 2.75) is 39.5 Å². The number of hydrogen-bond donors (Lipinski definition) is 1. The number of fused-ring (bicyclic) bond motifs is 1. The highest BCUT2D eigenvalue weighted by molar-refractivity contribution is 7.10. The first-order chi connectivity index (χ1) is 11.7. The average Bonchev–Trinajstić information content (AvgIpc) is 3.10. The van der Waals surface area contributed by atoms with Crippen LogP contribution in [0.15, 0.2) is 9.90 Å². The highest BCUT2D eigenvalue weighted by Gasteiger charge is 2.30. The van der Waals surface area contributed by atoms with Crippen LogP contribution in [0.1, 0.15) is 37.8 Å². The smallest absolute Gasteiger partial charge is 0.361 e. The first-order valence-corrected chi connectivity index (χ1v) is 8.71. The van der Waals surface area contributed by atoms with Gasteiger partial charge in [-0.2, -0.15) is 13.2 Å². The van der Waals surface area contributed by atoms with E-state index in [4.69, 9.17) is 4.52 Å².